The zero-order chi connectivity index (χ0) is 13.4. The van der Waals surface area contributed by atoms with Gasteiger partial charge in [-0.3, -0.25) is 5.01 Å². The van der Waals surface area contributed by atoms with Crippen molar-refractivity contribution in [3.8, 4) is 0 Å². The molecule has 106 valence electrons. The van der Waals surface area contributed by atoms with Gasteiger partial charge in [-0.25, -0.2) is 0 Å². The second-order valence-electron chi connectivity index (χ2n) is 5.80. The summed E-state index contributed by atoms with van der Waals surface area (Å²) >= 11 is 0. The lowest BCUT2D eigenvalue weighted by atomic mass is 10.1. The molecule has 1 aliphatic rings. The fraction of sp³-hybridized carbons (Fsp3) is 0.933. The predicted octanol–water partition coefficient (Wildman–Crippen LogP) is 3.91. The lowest BCUT2D eigenvalue weighted by Gasteiger charge is -2.31. The molecular weight excluding hydrogens is 222 g/mol. The van der Waals surface area contributed by atoms with Crippen LogP contribution in [-0.4, -0.2) is 35.5 Å². The van der Waals surface area contributed by atoms with Crippen molar-refractivity contribution in [1.29, 1.82) is 0 Å². The van der Waals surface area contributed by atoms with E-state index < -0.39 is 0 Å². The summed E-state index contributed by atoms with van der Waals surface area (Å²) in [5, 5.41) is 6.91. The summed E-state index contributed by atoms with van der Waals surface area (Å²) in [5.74, 6) is 0.731. The molecule has 0 fully saturated rings. The Hall–Kier alpha value is -0.730. The van der Waals surface area contributed by atoms with Crippen molar-refractivity contribution in [2.45, 2.75) is 72.4 Å². The number of hydrogen-bond acceptors (Lipinski definition) is 3. The molecule has 18 heavy (non-hydrogen) atoms. The molecule has 0 aromatic rings. The molecule has 0 aromatic carbocycles. The third-order valence-electron chi connectivity index (χ3n) is 3.48. The first-order valence-electron chi connectivity index (χ1n) is 7.75. The summed E-state index contributed by atoms with van der Waals surface area (Å²) in [6.07, 6.45) is 10.2. The van der Waals surface area contributed by atoms with Crippen LogP contribution in [0.2, 0.25) is 0 Å². The zero-order valence-corrected chi connectivity index (χ0v) is 12.7. The van der Waals surface area contributed by atoms with E-state index in [0.29, 0.717) is 6.17 Å². The smallest absolute Gasteiger partial charge is 0.119 e. The Labute approximate surface area is 113 Å². The van der Waals surface area contributed by atoms with Gasteiger partial charge in [0, 0.05) is 13.1 Å². The maximum Gasteiger partial charge on any atom is 0.119 e. The molecule has 1 unspecified atom stereocenters. The van der Waals surface area contributed by atoms with E-state index in [2.05, 4.69) is 49.0 Å². The minimum absolute atomic E-state index is 0.506. The van der Waals surface area contributed by atoms with Gasteiger partial charge in [-0.2, -0.15) is 5.10 Å². The molecular formula is C15H31N3. The molecule has 0 bridgehead atoms. The van der Waals surface area contributed by atoms with E-state index in [0.717, 1.165) is 19.0 Å². The molecule has 0 N–H and O–H groups in total. The molecule has 0 saturated heterocycles. The van der Waals surface area contributed by atoms with Gasteiger partial charge in [0.15, 0.2) is 0 Å². The van der Waals surface area contributed by atoms with Gasteiger partial charge in [-0.15, -0.1) is 0 Å². The van der Waals surface area contributed by atoms with Crippen LogP contribution < -0.4 is 0 Å². The van der Waals surface area contributed by atoms with E-state index in [1.165, 1.54) is 38.5 Å². The monoisotopic (exact) mass is 253 g/mol. The molecule has 0 saturated carbocycles. The first-order chi connectivity index (χ1) is 8.69. The van der Waals surface area contributed by atoms with E-state index in [1.807, 2.05) is 0 Å². The molecule has 1 atom stereocenters. The van der Waals surface area contributed by atoms with Gasteiger partial charge >= 0.3 is 0 Å². The maximum atomic E-state index is 4.60. The van der Waals surface area contributed by atoms with Crippen LogP contribution >= 0.6 is 0 Å². The standard InChI is InChI=1S/C15H31N3/c1-5-7-8-9-11-18-15(12-14(3)4)17(10-6-2)13-16-18/h13-15H,5-12H2,1-4H3. The van der Waals surface area contributed by atoms with E-state index in [9.17, 15) is 0 Å². The van der Waals surface area contributed by atoms with Gasteiger partial charge in [-0.05, 0) is 25.2 Å². The van der Waals surface area contributed by atoms with Gasteiger partial charge in [0.25, 0.3) is 0 Å². The van der Waals surface area contributed by atoms with Crippen LogP contribution in [0, 0.1) is 5.92 Å². The predicted molar refractivity (Wildman–Crippen MR) is 79.6 cm³/mol. The van der Waals surface area contributed by atoms with Crippen molar-refractivity contribution < 1.29 is 0 Å². The van der Waals surface area contributed by atoms with Crippen molar-refractivity contribution in [3.63, 3.8) is 0 Å². The van der Waals surface area contributed by atoms with E-state index in [1.54, 1.807) is 0 Å². The molecule has 3 heteroatoms. The average molecular weight is 253 g/mol. The fourth-order valence-electron chi connectivity index (χ4n) is 2.51. The normalized spacial score (nSPS) is 19.3. The summed E-state index contributed by atoms with van der Waals surface area (Å²) in [7, 11) is 0. The summed E-state index contributed by atoms with van der Waals surface area (Å²) in [5.41, 5.74) is 0. The molecule has 1 heterocycles. The zero-order valence-electron chi connectivity index (χ0n) is 12.7. The SMILES string of the molecule is CCCCCCN1N=CN(CCC)C1CC(C)C. The summed E-state index contributed by atoms with van der Waals surface area (Å²) in [4.78, 5) is 2.42. The van der Waals surface area contributed by atoms with Crippen LogP contribution in [0.5, 0.6) is 0 Å². The van der Waals surface area contributed by atoms with Crippen LogP contribution in [-0.2, 0) is 0 Å². The molecule has 3 nitrogen and oxygen atoms in total. The lowest BCUT2D eigenvalue weighted by molar-refractivity contribution is 0.108. The molecule has 0 radical (unpaired) electrons. The van der Waals surface area contributed by atoms with Gasteiger partial charge in [0.1, 0.15) is 12.5 Å². The highest BCUT2D eigenvalue weighted by atomic mass is 15.6. The molecule has 0 spiro atoms. The minimum atomic E-state index is 0.506. The second kappa shape index (κ2) is 8.39. The molecule has 0 aromatic heterocycles. The molecule has 0 amide bonds. The minimum Gasteiger partial charge on any atom is -0.339 e. The average Bonchev–Trinajstić information content (AvgIpc) is 2.68. The Bertz CT molecular complexity index is 238. The Balaban J connectivity index is 2.41. The lowest BCUT2D eigenvalue weighted by Crippen LogP contribution is -2.41. The highest BCUT2D eigenvalue weighted by molar-refractivity contribution is 5.57. The van der Waals surface area contributed by atoms with E-state index in [-0.39, 0.29) is 0 Å². The van der Waals surface area contributed by atoms with Gasteiger partial charge in [-0.1, -0.05) is 47.0 Å². The van der Waals surface area contributed by atoms with Gasteiger partial charge < -0.3 is 4.90 Å². The van der Waals surface area contributed by atoms with Gasteiger partial charge in [0.05, 0.1) is 0 Å². The van der Waals surface area contributed by atoms with Gasteiger partial charge in [0.2, 0.25) is 0 Å². The van der Waals surface area contributed by atoms with Crippen molar-refractivity contribution in [1.82, 2.24) is 9.91 Å². The van der Waals surface area contributed by atoms with Crippen LogP contribution in [0.15, 0.2) is 5.10 Å². The van der Waals surface area contributed by atoms with Crippen LogP contribution in [0.25, 0.3) is 0 Å². The maximum absolute atomic E-state index is 4.60. The highest BCUT2D eigenvalue weighted by Gasteiger charge is 2.27. The largest absolute Gasteiger partial charge is 0.339 e. The highest BCUT2D eigenvalue weighted by Crippen LogP contribution is 2.21. The van der Waals surface area contributed by atoms with E-state index >= 15 is 0 Å². The van der Waals surface area contributed by atoms with Crippen LogP contribution in [0.3, 0.4) is 0 Å². The second-order valence-corrected chi connectivity index (χ2v) is 5.80. The first kappa shape index (κ1) is 15.3. The van der Waals surface area contributed by atoms with Crippen molar-refractivity contribution in [2.24, 2.45) is 11.0 Å². The topological polar surface area (TPSA) is 18.8 Å². The summed E-state index contributed by atoms with van der Waals surface area (Å²) < 4.78 is 0. The van der Waals surface area contributed by atoms with Crippen LogP contribution in [0.4, 0.5) is 0 Å². The quantitative estimate of drug-likeness (QED) is 0.580. The first-order valence-corrected chi connectivity index (χ1v) is 7.75. The van der Waals surface area contributed by atoms with E-state index in [4.69, 9.17) is 0 Å². The Morgan fingerprint density at radius 1 is 1.06 bits per heavy atom. The number of hydrogen-bond donors (Lipinski definition) is 0. The number of rotatable bonds is 9. The summed E-state index contributed by atoms with van der Waals surface area (Å²) in [6, 6.07) is 0. The Kier molecular flexibility index (Phi) is 7.14. The van der Waals surface area contributed by atoms with Crippen molar-refractivity contribution >= 4 is 6.34 Å². The molecule has 1 aliphatic heterocycles. The third kappa shape index (κ3) is 4.87. The number of hydrazone groups is 1. The van der Waals surface area contributed by atoms with Crippen molar-refractivity contribution in [2.75, 3.05) is 13.1 Å². The summed E-state index contributed by atoms with van der Waals surface area (Å²) in [6.45, 7) is 11.4. The Morgan fingerprint density at radius 2 is 1.83 bits per heavy atom. The van der Waals surface area contributed by atoms with Crippen LogP contribution in [0.1, 0.15) is 66.2 Å². The van der Waals surface area contributed by atoms with Crippen molar-refractivity contribution in [3.05, 3.63) is 0 Å². The number of nitrogens with zero attached hydrogens (tertiary/aromatic N) is 3. The Morgan fingerprint density at radius 3 is 2.44 bits per heavy atom. The third-order valence-corrected chi connectivity index (χ3v) is 3.48. The molecule has 0 aliphatic carbocycles. The fourth-order valence-corrected chi connectivity index (χ4v) is 2.51. The molecule has 1 rings (SSSR count). The number of unbranched alkanes of at least 4 members (excludes halogenated alkanes) is 3.